The van der Waals surface area contributed by atoms with Crippen molar-refractivity contribution in [2.24, 2.45) is 11.8 Å². The summed E-state index contributed by atoms with van der Waals surface area (Å²) in [5, 5.41) is 8.10. The van der Waals surface area contributed by atoms with Gasteiger partial charge < -0.3 is 5.32 Å². The normalized spacial score (nSPS) is 27.9. The van der Waals surface area contributed by atoms with Crippen LogP contribution in [0.15, 0.2) is 16.8 Å². The van der Waals surface area contributed by atoms with E-state index in [0.717, 1.165) is 11.8 Å². The summed E-state index contributed by atoms with van der Waals surface area (Å²) in [6.07, 6.45) is 5.72. The van der Waals surface area contributed by atoms with E-state index in [1.807, 2.05) is 0 Å². The molecule has 0 radical (unpaired) electrons. The Morgan fingerprint density at radius 3 is 3.06 bits per heavy atom. The minimum atomic E-state index is 0.517. The van der Waals surface area contributed by atoms with Crippen LogP contribution in [-0.2, 0) is 0 Å². The first-order valence-electron chi connectivity index (χ1n) is 6.51. The van der Waals surface area contributed by atoms with Gasteiger partial charge in [-0.3, -0.25) is 0 Å². The number of thiophene rings is 1. The van der Waals surface area contributed by atoms with E-state index in [9.17, 15) is 0 Å². The van der Waals surface area contributed by atoms with E-state index in [0.29, 0.717) is 6.04 Å². The minimum Gasteiger partial charge on any atom is -0.310 e. The Morgan fingerprint density at radius 2 is 2.38 bits per heavy atom. The number of hydrogen-bond donors (Lipinski definition) is 1. The molecule has 1 aromatic heterocycles. The van der Waals surface area contributed by atoms with Crippen LogP contribution < -0.4 is 5.32 Å². The first kappa shape index (κ1) is 12.1. The van der Waals surface area contributed by atoms with Crippen LogP contribution in [0.2, 0.25) is 0 Å². The van der Waals surface area contributed by atoms with Gasteiger partial charge in [-0.15, -0.1) is 0 Å². The van der Waals surface area contributed by atoms with Crippen molar-refractivity contribution >= 4 is 11.3 Å². The second-order valence-corrected chi connectivity index (χ2v) is 6.10. The van der Waals surface area contributed by atoms with E-state index >= 15 is 0 Å². The topological polar surface area (TPSA) is 12.0 Å². The molecule has 1 saturated carbocycles. The molecule has 3 atom stereocenters. The Hall–Kier alpha value is -0.340. The standard InChI is InChI=1S/C14H23NS/c1-11-4-3-5-13(8-11)9-15-12(2)14-6-7-16-10-14/h6-7,10-13,15H,3-5,8-9H2,1-2H3. The molecule has 1 fully saturated rings. The lowest BCUT2D eigenvalue weighted by atomic mass is 9.82. The van der Waals surface area contributed by atoms with Crippen molar-refractivity contribution in [2.45, 2.75) is 45.6 Å². The third-order valence-corrected chi connectivity index (χ3v) is 4.50. The maximum absolute atomic E-state index is 3.68. The molecular formula is C14H23NS. The summed E-state index contributed by atoms with van der Waals surface area (Å²) < 4.78 is 0. The summed E-state index contributed by atoms with van der Waals surface area (Å²) in [5.74, 6) is 1.85. The second kappa shape index (κ2) is 5.83. The van der Waals surface area contributed by atoms with Crippen molar-refractivity contribution in [3.63, 3.8) is 0 Å². The van der Waals surface area contributed by atoms with Gasteiger partial charge in [0.05, 0.1) is 0 Å². The van der Waals surface area contributed by atoms with Gasteiger partial charge in [0, 0.05) is 6.04 Å². The van der Waals surface area contributed by atoms with Crippen LogP contribution >= 0.6 is 11.3 Å². The average molecular weight is 237 g/mol. The molecule has 1 N–H and O–H groups in total. The molecule has 0 spiro atoms. The maximum Gasteiger partial charge on any atom is 0.0300 e. The highest BCUT2D eigenvalue weighted by molar-refractivity contribution is 7.07. The van der Waals surface area contributed by atoms with Crippen molar-refractivity contribution in [3.05, 3.63) is 22.4 Å². The fourth-order valence-corrected chi connectivity index (χ4v) is 3.48. The predicted molar refractivity (Wildman–Crippen MR) is 71.9 cm³/mol. The average Bonchev–Trinajstić information content (AvgIpc) is 2.79. The molecule has 0 aliphatic heterocycles. The molecule has 0 saturated heterocycles. The molecule has 0 aromatic carbocycles. The van der Waals surface area contributed by atoms with E-state index in [1.165, 1.54) is 37.8 Å². The third-order valence-electron chi connectivity index (χ3n) is 3.80. The summed E-state index contributed by atoms with van der Waals surface area (Å²) in [6.45, 7) is 5.87. The molecule has 0 bridgehead atoms. The van der Waals surface area contributed by atoms with Gasteiger partial charge in [0.15, 0.2) is 0 Å². The highest BCUT2D eigenvalue weighted by atomic mass is 32.1. The third kappa shape index (κ3) is 3.33. The molecule has 2 heteroatoms. The lowest BCUT2D eigenvalue weighted by Gasteiger charge is -2.28. The zero-order valence-electron chi connectivity index (χ0n) is 10.4. The van der Waals surface area contributed by atoms with Gasteiger partial charge in [-0.2, -0.15) is 11.3 Å². The van der Waals surface area contributed by atoms with Gasteiger partial charge in [0.25, 0.3) is 0 Å². The van der Waals surface area contributed by atoms with Gasteiger partial charge >= 0.3 is 0 Å². The number of hydrogen-bond acceptors (Lipinski definition) is 2. The maximum atomic E-state index is 3.68. The Labute approximate surface area is 103 Å². The Balaban J connectivity index is 1.74. The molecule has 90 valence electrons. The van der Waals surface area contributed by atoms with Crippen molar-refractivity contribution in [3.8, 4) is 0 Å². The summed E-state index contributed by atoms with van der Waals surface area (Å²) >= 11 is 1.79. The van der Waals surface area contributed by atoms with E-state index in [4.69, 9.17) is 0 Å². The highest BCUT2D eigenvalue weighted by Crippen LogP contribution is 2.28. The van der Waals surface area contributed by atoms with E-state index in [2.05, 4.69) is 36.0 Å². The molecule has 3 unspecified atom stereocenters. The number of nitrogens with one attached hydrogen (secondary N) is 1. The van der Waals surface area contributed by atoms with Crippen LogP contribution in [0.5, 0.6) is 0 Å². The Kier molecular flexibility index (Phi) is 4.42. The zero-order valence-corrected chi connectivity index (χ0v) is 11.2. The molecule has 1 aromatic rings. The molecule has 1 heterocycles. The van der Waals surface area contributed by atoms with E-state index < -0.39 is 0 Å². The monoisotopic (exact) mass is 237 g/mol. The van der Waals surface area contributed by atoms with E-state index in [1.54, 1.807) is 11.3 Å². The summed E-state index contributed by atoms with van der Waals surface area (Å²) in [5.41, 5.74) is 1.44. The highest BCUT2D eigenvalue weighted by Gasteiger charge is 2.19. The molecule has 1 aliphatic rings. The van der Waals surface area contributed by atoms with Crippen molar-refractivity contribution in [1.29, 1.82) is 0 Å². The molecular weight excluding hydrogens is 214 g/mol. The summed E-state index contributed by atoms with van der Waals surface area (Å²) in [7, 11) is 0. The van der Waals surface area contributed by atoms with Crippen LogP contribution in [0.1, 0.15) is 51.1 Å². The van der Waals surface area contributed by atoms with Crippen LogP contribution in [0, 0.1) is 11.8 Å². The van der Waals surface area contributed by atoms with Crippen LogP contribution in [0.3, 0.4) is 0 Å². The first-order chi connectivity index (χ1) is 7.75. The van der Waals surface area contributed by atoms with Gasteiger partial charge in [0.1, 0.15) is 0 Å². The zero-order chi connectivity index (χ0) is 11.4. The van der Waals surface area contributed by atoms with Gasteiger partial charge in [-0.25, -0.2) is 0 Å². The van der Waals surface area contributed by atoms with Gasteiger partial charge in [-0.05, 0) is 60.5 Å². The predicted octanol–water partition coefficient (Wildman–Crippen LogP) is 4.23. The largest absolute Gasteiger partial charge is 0.310 e. The molecule has 0 amide bonds. The van der Waals surface area contributed by atoms with Crippen molar-refractivity contribution in [1.82, 2.24) is 5.32 Å². The smallest absolute Gasteiger partial charge is 0.0300 e. The van der Waals surface area contributed by atoms with Gasteiger partial charge in [-0.1, -0.05) is 19.8 Å². The van der Waals surface area contributed by atoms with Crippen molar-refractivity contribution < 1.29 is 0 Å². The lowest BCUT2D eigenvalue weighted by Crippen LogP contribution is -2.28. The molecule has 2 rings (SSSR count). The lowest BCUT2D eigenvalue weighted by molar-refractivity contribution is 0.269. The Bertz CT molecular complexity index is 294. The van der Waals surface area contributed by atoms with Crippen LogP contribution in [0.4, 0.5) is 0 Å². The quantitative estimate of drug-likeness (QED) is 0.826. The van der Waals surface area contributed by atoms with Crippen molar-refractivity contribution in [2.75, 3.05) is 6.54 Å². The van der Waals surface area contributed by atoms with E-state index in [-0.39, 0.29) is 0 Å². The number of rotatable bonds is 4. The first-order valence-corrected chi connectivity index (χ1v) is 7.45. The van der Waals surface area contributed by atoms with Crippen LogP contribution in [-0.4, -0.2) is 6.54 Å². The molecule has 1 aliphatic carbocycles. The minimum absolute atomic E-state index is 0.517. The second-order valence-electron chi connectivity index (χ2n) is 5.32. The fourth-order valence-electron chi connectivity index (χ4n) is 2.73. The van der Waals surface area contributed by atoms with Crippen LogP contribution in [0.25, 0.3) is 0 Å². The molecule has 16 heavy (non-hydrogen) atoms. The Morgan fingerprint density at radius 1 is 1.50 bits per heavy atom. The SMILES string of the molecule is CC1CCCC(CNC(C)c2ccsc2)C1. The molecule has 1 nitrogen and oxygen atoms in total. The summed E-state index contributed by atoms with van der Waals surface area (Å²) in [4.78, 5) is 0. The fraction of sp³-hybridized carbons (Fsp3) is 0.714. The van der Waals surface area contributed by atoms with Gasteiger partial charge in [0.2, 0.25) is 0 Å². The summed E-state index contributed by atoms with van der Waals surface area (Å²) in [6, 6.07) is 2.75.